The van der Waals surface area contributed by atoms with Crippen LogP contribution in [0.3, 0.4) is 0 Å². The van der Waals surface area contributed by atoms with Gasteiger partial charge >= 0.3 is 0 Å². The number of rotatable bonds is 4. The van der Waals surface area contributed by atoms with Gasteiger partial charge in [0.1, 0.15) is 11.5 Å². The molecule has 1 atom stereocenters. The quantitative estimate of drug-likeness (QED) is 0.918. The molecule has 0 aromatic carbocycles. The number of carbonyl (C=O) groups excluding carboxylic acids is 1. The van der Waals surface area contributed by atoms with Gasteiger partial charge in [-0.05, 0) is 39.5 Å². The van der Waals surface area contributed by atoms with Crippen LogP contribution in [0.4, 0.5) is 0 Å². The molecule has 2 aromatic heterocycles. The summed E-state index contributed by atoms with van der Waals surface area (Å²) in [5.41, 5.74) is 2.65. The second-order valence-corrected chi connectivity index (χ2v) is 6.63. The minimum Gasteiger partial charge on any atom is -0.381 e. The second kappa shape index (κ2) is 7.31. The number of hydrogen-bond donors (Lipinski definition) is 1. The van der Waals surface area contributed by atoms with Crippen LogP contribution in [-0.4, -0.2) is 38.6 Å². The standard InChI is InChI=1S/C18H25N5O2/c1-11-12(2)21-15(13(3)20-11)18(24)22-16(14-5-9-25-10-6-14)17-19-7-8-23(17)4/h7-8,14,16H,5-6,9-10H2,1-4H3,(H,22,24). The van der Waals surface area contributed by atoms with Crippen molar-refractivity contribution in [2.24, 2.45) is 13.0 Å². The van der Waals surface area contributed by atoms with E-state index in [4.69, 9.17) is 4.74 Å². The molecule has 7 nitrogen and oxygen atoms in total. The highest BCUT2D eigenvalue weighted by Gasteiger charge is 2.30. The molecule has 1 N–H and O–H groups in total. The summed E-state index contributed by atoms with van der Waals surface area (Å²) < 4.78 is 7.43. The summed E-state index contributed by atoms with van der Waals surface area (Å²) in [6.45, 7) is 7.01. The Bertz CT molecular complexity index is 765. The van der Waals surface area contributed by atoms with Crippen molar-refractivity contribution in [2.45, 2.75) is 39.7 Å². The molecule has 1 unspecified atom stereocenters. The van der Waals surface area contributed by atoms with Gasteiger partial charge in [0.2, 0.25) is 0 Å². The van der Waals surface area contributed by atoms with Crippen LogP contribution in [0.25, 0.3) is 0 Å². The highest BCUT2D eigenvalue weighted by atomic mass is 16.5. The summed E-state index contributed by atoms with van der Waals surface area (Å²) in [6.07, 6.45) is 5.45. The molecule has 0 radical (unpaired) electrons. The average Bonchev–Trinajstić information content (AvgIpc) is 3.02. The number of hydrogen-bond acceptors (Lipinski definition) is 5. The molecule has 1 saturated heterocycles. The van der Waals surface area contributed by atoms with Gasteiger partial charge in [-0.15, -0.1) is 0 Å². The SMILES string of the molecule is Cc1nc(C)c(C(=O)NC(c2nccn2C)C2CCOCC2)nc1C. The molecular formula is C18H25N5O2. The lowest BCUT2D eigenvalue weighted by Crippen LogP contribution is -2.38. The lowest BCUT2D eigenvalue weighted by molar-refractivity contribution is 0.0498. The first-order valence-electron chi connectivity index (χ1n) is 8.65. The molecule has 3 rings (SSSR count). The molecule has 0 aliphatic carbocycles. The monoisotopic (exact) mass is 343 g/mol. The van der Waals surface area contributed by atoms with Crippen molar-refractivity contribution in [2.75, 3.05) is 13.2 Å². The maximum absolute atomic E-state index is 12.9. The smallest absolute Gasteiger partial charge is 0.272 e. The Morgan fingerprint density at radius 2 is 1.88 bits per heavy atom. The molecule has 25 heavy (non-hydrogen) atoms. The topological polar surface area (TPSA) is 81.9 Å². The van der Waals surface area contributed by atoms with Crippen LogP contribution >= 0.6 is 0 Å². The van der Waals surface area contributed by atoms with Crippen LogP contribution in [0.2, 0.25) is 0 Å². The first kappa shape index (κ1) is 17.5. The molecule has 3 heterocycles. The number of amides is 1. The predicted molar refractivity (Wildman–Crippen MR) is 93.2 cm³/mol. The Balaban J connectivity index is 1.88. The minimum atomic E-state index is -0.201. The lowest BCUT2D eigenvalue weighted by atomic mass is 9.91. The number of ether oxygens (including phenoxy) is 1. The number of nitrogens with one attached hydrogen (secondary N) is 1. The second-order valence-electron chi connectivity index (χ2n) is 6.63. The maximum Gasteiger partial charge on any atom is 0.272 e. The third-order valence-electron chi connectivity index (χ3n) is 4.86. The van der Waals surface area contributed by atoms with Crippen LogP contribution in [0, 0.1) is 26.7 Å². The molecule has 2 aromatic rings. The molecular weight excluding hydrogens is 318 g/mol. The summed E-state index contributed by atoms with van der Waals surface area (Å²) >= 11 is 0. The van der Waals surface area contributed by atoms with Crippen LogP contribution in [0.15, 0.2) is 12.4 Å². The Labute approximate surface area is 147 Å². The Morgan fingerprint density at radius 1 is 1.20 bits per heavy atom. The van der Waals surface area contributed by atoms with E-state index in [1.807, 2.05) is 38.6 Å². The van der Waals surface area contributed by atoms with Crippen molar-refractivity contribution < 1.29 is 9.53 Å². The molecule has 1 amide bonds. The van der Waals surface area contributed by atoms with Crippen molar-refractivity contribution in [1.29, 1.82) is 0 Å². The first-order chi connectivity index (χ1) is 12.0. The van der Waals surface area contributed by atoms with E-state index in [2.05, 4.69) is 20.3 Å². The molecule has 7 heteroatoms. The van der Waals surface area contributed by atoms with E-state index in [-0.39, 0.29) is 11.9 Å². The molecule has 1 aliphatic rings. The fraction of sp³-hybridized carbons (Fsp3) is 0.556. The van der Waals surface area contributed by atoms with Crippen LogP contribution in [0.5, 0.6) is 0 Å². The third kappa shape index (κ3) is 3.71. The van der Waals surface area contributed by atoms with E-state index in [0.29, 0.717) is 30.5 Å². The van der Waals surface area contributed by atoms with Crippen molar-refractivity contribution in [3.8, 4) is 0 Å². The number of carbonyl (C=O) groups is 1. The highest BCUT2D eigenvalue weighted by molar-refractivity contribution is 5.93. The lowest BCUT2D eigenvalue weighted by Gasteiger charge is -2.30. The number of imidazole rings is 1. The van der Waals surface area contributed by atoms with Crippen molar-refractivity contribution in [3.63, 3.8) is 0 Å². The largest absolute Gasteiger partial charge is 0.381 e. The Kier molecular flexibility index (Phi) is 5.13. The normalized spacial score (nSPS) is 16.6. The van der Waals surface area contributed by atoms with Crippen LogP contribution in [-0.2, 0) is 11.8 Å². The van der Waals surface area contributed by atoms with E-state index >= 15 is 0 Å². The number of aryl methyl sites for hydroxylation is 4. The molecule has 1 fully saturated rings. The number of aromatic nitrogens is 4. The minimum absolute atomic E-state index is 0.167. The predicted octanol–water partition coefficient (Wildman–Crippen LogP) is 2.03. The Morgan fingerprint density at radius 3 is 2.52 bits per heavy atom. The van der Waals surface area contributed by atoms with Crippen LogP contribution < -0.4 is 5.32 Å². The zero-order valence-corrected chi connectivity index (χ0v) is 15.2. The maximum atomic E-state index is 12.9. The molecule has 134 valence electrons. The van der Waals surface area contributed by atoms with E-state index in [1.165, 1.54) is 0 Å². The zero-order valence-electron chi connectivity index (χ0n) is 15.2. The summed E-state index contributed by atoms with van der Waals surface area (Å²) in [5.74, 6) is 0.945. The van der Waals surface area contributed by atoms with Gasteiger partial charge < -0.3 is 14.6 Å². The van der Waals surface area contributed by atoms with E-state index in [9.17, 15) is 4.79 Å². The van der Waals surface area contributed by atoms with Crippen LogP contribution in [0.1, 0.15) is 52.3 Å². The van der Waals surface area contributed by atoms with Gasteiger partial charge in [0, 0.05) is 32.7 Å². The highest BCUT2D eigenvalue weighted by Crippen LogP contribution is 2.29. The van der Waals surface area contributed by atoms with E-state index in [0.717, 1.165) is 30.1 Å². The summed E-state index contributed by atoms with van der Waals surface area (Å²) in [7, 11) is 1.95. The van der Waals surface area contributed by atoms with Crippen molar-refractivity contribution in [1.82, 2.24) is 24.8 Å². The zero-order chi connectivity index (χ0) is 18.0. The van der Waals surface area contributed by atoms with Gasteiger partial charge in [-0.3, -0.25) is 9.78 Å². The molecule has 1 aliphatic heterocycles. The van der Waals surface area contributed by atoms with E-state index < -0.39 is 0 Å². The van der Waals surface area contributed by atoms with Gasteiger partial charge in [0.15, 0.2) is 0 Å². The summed E-state index contributed by atoms with van der Waals surface area (Å²) in [6, 6.07) is -0.167. The number of nitrogens with zero attached hydrogens (tertiary/aromatic N) is 4. The first-order valence-corrected chi connectivity index (χ1v) is 8.65. The van der Waals surface area contributed by atoms with Gasteiger partial charge in [-0.25, -0.2) is 9.97 Å². The van der Waals surface area contributed by atoms with Gasteiger partial charge in [0.25, 0.3) is 5.91 Å². The van der Waals surface area contributed by atoms with E-state index in [1.54, 1.807) is 6.20 Å². The fourth-order valence-electron chi connectivity index (χ4n) is 3.26. The third-order valence-corrected chi connectivity index (χ3v) is 4.86. The fourth-order valence-corrected chi connectivity index (χ4v) is 3.26. The van der Waals surface area contributed by atoms with Gasteiger partial charge in [-0.1, -0.05) is 0 Å². The van der Waals surface area contributed by atoms with Gasteiger partial charge in [0.05, 0.1) is 23.1 Å². The molecule has 0 saturated carbocycles. The summed E-state index contributed by atoms with van der Waals surface area (Å²) in [5, 5.41) is 3.15. The average molecular weight is 343 g/mol. The summed E-state index contributed by atoms with van der Waals surface area (Å²) in [4.78, 5) is 26.2. The van der Waals surface area contributed by atoms with Crippen molar-refractivity contribution in [3.05, 3.63) is 41.0 Å². The van der Waals surface area contributed by atoms with Crippen molar-refractivity contribution >= 4 is 5.91 Å². The molecule has 0 spiro atoms. The molecule has 0 bridgehead atoms. The Hall–Kier alpha value is -2.28. The van der Waals surface area contributed by atoms with Gasteiger partial charge in [-0.2, -0.15) is 0 Å².